The molecule has 4 aromatic rings. The van der Waals surface area contributed by atoms with Gasteiger partial charge in [0.2, 0.25) is 11.8 Å². The van der Waals surface area contributed by atoms with Crippen LogP contribution >= 0.6 is 0 Å². The molecule has 6 heterocycles. The fraction of sp³-hybridized carbons (Fsp3) is 0.481. The van der Waals surface area contributed by atoms with Gasteiger partial charge in [-0.15, -0.1) is 0 Å². The van der Waals surface area contributed by atoms with Crippen LogP contribution in [0.4, 0.5) is 5.69 Å². The van der Waals surface area contributed by atoms with Gasteiger partial charge >= 0.3 is 0 Å². The van der Waals surface area contributed by atoms with E-state index in [9.17, 15) is 19.5 Å². The predicted octanol–water partition coefficient (Wildman–Crippen LogP) is 7.90. The van der Waals surface area contributed by atoms with E-state index in [1.54, 1.807) is 7.11 Å². The zero-order valence-corrected chi connectivity index (χ0v) is 36.9. The first-order chi connectivity index (χ1) is 30.6. The highest BCUT2D eigenvalue weighted by Crippen LogP contribution is 2.51. The fourth-order valence-corrected chi connectivity index (χ4v) is 11.2. The molecule has 3 amide bonds. The lowest BCUT2D eigenvalue weighted by Crippen LogP contribution is -2.47. The van der Waals surface area contributed by atoms with Crippen molar-refractivity contribution in [3.63, 3.8) is 0 Å². The Kier molecular flexibility index (Phi) is 12.5. The number of ether oxygens (including phenoxy) is 3. The van der Waals surface area contributed by atoms with Crippen molar-refractivity contribution in [2.45, 2.75) is 106 Å². The molecule has 0 aromatic heterocycles. The second kappa shape index (κ2) is 18.4. The number of rotatable bonds is 4. The minimum atomic E-state index is -0.138. The van der Waals surface area contributed by atoms with Gasteiger partial charge in [-0.25, -0.2) is 0 Å². The summed E-state index contributed by atoms with van der Waals surface area (Å²) >= 11 is 0. The first-order valence-electron chi connectivity index (χ1n) is 23.2. The number of aryl methyl sites for hydroxylation is 1. The summed E-state index contributed by atoms with van der Waals surface area (Å²) < 4.78 is 17.8. The SMILES string of the molecule is COc1cc2c(c3c1C(=O)NC3)OCC21CCN(C)CC1.O=C1CCCC(=O)N1.Oc1ccc2c(c1)CCC(c1ccccc1)C2c1ccc(N2CCC3(CCCCO3)CC2)cc1. The first-order valence-corrected chi connectivity index (χ1v) is 23.2. The number of nitrogens with one attached hydrogen (secondary N) is 2. The van der Waals surface area contributed by atoms with Gasteiger partial charge in [0.05, 0.1) is 24.9 Å². The number of likely N-dealkylation sites (tertiary alicyclic amines) is 1. The van der Waals surface area contributed by atoms with Gasteiger partial charge < -0.3 is 34.4 Å². The number of carbonyl (C=O) groups is 3. The molecule has 3 N–H and O–H groups in total. The number of phenols is 1. The zero-order chi connectivity index (χ0) is 43.6. The molecule has 332 valence electrons. The molecule has 1 aliphatic carbocycles. The van der Waals surface area contributed by atoms with Gasteiger partial charge in [0.25, 0.3) is 5.91 Å². The molecule has 4 saturated heterocycles. The maximum atomic E-state index is 12.0. The predicted molar refractivity (Wildman–Crippen MR) is 243 cm³/mol. The second-order valence-corrected chi connectivity index (χ2v) is 18.7. The van der Waals surface area contributed by atoms with E-state index in [1.807, 2.05) is 18.2 Å². The van der Waals surface area contributed by atoms with Gasteiger partial charge in [-0.1, -0.05) is 48.5 Å². The first kappa shape index (κ1) is 42.9. The zero-order valence-electron chi connectivity index (χ0n) is 36.9. The van der Waals surface area contributed by atoms with E-state index in [0.717, 1.165) is 89.2 Å². The quantitative estimate of drug-likeness (QED) is 0.176. The lowest BCUT2D eigenvalue weighted by molar-refractivity contribution is -0.133. The van der Waals surface area contributed by atoms with Gasteiger partial charge in [-0.2, -0.15) is 0 Å². The molecule has 11 heteroatoms. The molecular formula is C52H62N4O7. The van der Waals surface area contributed by atoms with Gasteiger partial charge in [-0.05, 0) is 143 Å². The van der Waals surface area contributed by atoms with E-state index >= 15 is 0 Å². The number of hydrogen-bond acceptors (Lipinski definition) is 9. The molecule has 11 nitrogen and oxygen atoms in total. The highest BCUT2D eigenvalue weighted by Gasteiger charge is 2.46. The largest absolute Gasteiger partial charge is 0.508 e. The smallest absolute Gasteiger partial charge is 0.255 e. The summed E-state index contributed by atoms with van der Waals surface area (Å²) in [6.45, 7) is 6.54. The van der Waals surface area contributed by atoms with Crippen LogP contribution in [0.3, 0.4) is 0 Å². The Morgan fingerprint density at radius 2 is 1.54 bits per heavy atom. The molecule has 4 fully saturated rings. The number of hydrogen-bond donors (Lipinski definition) is 3. The van der Waals surface area contributed by atoms with Crippen LogP contribution in [0.2, 0.25) is 0 Å². The van der Waals surface area contributed by atoms with Crippen molar-refractivity contribution in [1.82, 2.24) is 15.5 Å². The van der Waals surface area contributed by atoms with E-state index in [2.05, 4.69) is 88.1 Å². The van der Waals surface area contributed by atoms with Crippen molar-refractivity contribution < 1.29 is 33.7 Å². The highest BCUT2D eigenvalue weighted by molar-refractivity contribution is 6.02. The van der Waals surface area contributed by atoms with Crippen molar-refractivity contribution in [3.8, 4) is 17.2 Å². The summed E-state index contributed by atoms with van der Waals surface area (Å²) in [6, 6.07) is 28.3. The van der Waals surface area contributed by atoms with Crippen LogP contribution in [0, 0.1) is 0 Å². The average Bonchev–Trinajstić information content (AvgIpc) is 3.88. The molecule has 11 rings (SSSR count). The molecular weight excluding hydrogens is 793 g/mol. The minimum absolute atomic E-state index is 0.0578. The molecule has 4 aromatic carbocycles. The Morgan fingerprint density at radius 1 is 0.794 bits per heavy atom. The normalized spacial score (nSPS) is 23.1. The number of piperidine rings is 3. The summed E-state index contributed by atoms with van der Waals surface area (Å²) in [7, 11) is 3.79. The van der Waals surface area contributed by atoms with Crippen molar-refractivity contribution >= 4 is 23.4 Å². The van der Waals surface area contributed by atoms with E-state index in [4.69, 9.17) is 14.2 Å². The summed E-state index contributed by atoms with van der Waals surface area (Å²) in [4.78, 5) is 37.6. The molecule has 0 radical (unpaired) electrons. The lowest BCUT2D eigenvalue weighted by Gasteiger charge is -2.44. The number of imide groups is 1. The number of amides is 3. The number of anilines is 1. The Balaban J connectivity index is 0.000000146. The molecule has 7 aliphatic rings. The Morgan fingerprint density at radius 3 is 2.21 bits per heavy atom. The molecule has 2 spiro atoms. The van der Waals surface area contributed by atoms with Crippen molar-refractivity contribution in [1.29, 1.82) is 0 Å². The Labute approximate surface area is 371 Å². The van der Waals surface area contributed by atoms with Gasteiger partial charge in [-0.3, -0.25) is 19.7 Å². The maximum absolute atomic E-state index is 12.0. The van der Waals surface area contributed by atoms with Crippen LogP contribution in [0.5, 0.6) is 17.2 Å². The molecule has 6 aliphatic heterocycles. The number of methoxy groups -OCH3 is 1. The third kappa shape index (κ3) is 8.92. The topological polar surface area (TPSA) is 130 Å². The average molecular weight is 855 g/mol. The molecule has 2 unspecified atom stereocenters. The maximum Gasteiger partial charge on any atom is 0.255 e. The van der Waals surface area contributed by atoms with Gasteiger partial charge in [0.15, 0.2) is 0 Å². The third-order valence-corrected chi connectivity index (χ3v) is 14.9. The fourth-order valence-electron chi connectivity index (χ4n) is 11.2. The molecule has 63 heavy (non-hydrogen) atoms. The van der Waals surface area contributed by atoms with Crippen molar-refractivity contribution in [2.24, 2.45) is 0 Å². The monoisotopic (exact) mass is 854 g/mol. The number of carbonyl (C=O) groups excluding carboxylic acids is 3. The third-order valence-electron chi connectivity index (χ3n) is 14.9. The van der Waals surface area contributed by atoms with E-state index < -0.39 is 0 Å². The number of fused-ring (bicyclic) bond motifs is 5. The van der Waals surface area contributed by atoms with Crippen LogP contribution < -0.4 is 25.0 Å². The summed E-state index contributed by atoms with van der Waals surface area (Å²) in [6.07, 6.45) is 12.1. The summed E-state index contributed by atoms with van der Waals surface area (Å²) in [5, 5.41) is 15.2. The number of benzene rings is 4. The van der Waals surface area contributed by atoms with Crippen LogP contribution in [0.15, 0.2) is 78.9 Å². The molecule has 0 saturated carbocycles. The van der Waals surface area contributed by atoms with Gasteiger partial charge in [0, 0.05) is 67.2 Å². The van der Waals surface area contributed by atoms with Crippen LogP contribution in [0.25, 0.3) is 0 Å². The van der Waals surface area contributed by atoms with E-state index in [0.29, 0.717) is 54.7 Å². The summed E-state index contributed by atoms with van der Waals surface area (Å²) in [5.41, 5.74) is 9.86. The minimum Gasteiger partial charge on any atom is -0.508 e. The number of nitrogens with zero attached hydrogens (tertiary/aromatic N) is 2. The number of aromatic hydroxyl groups is 1. The lowest BCUT2D eigenvalue weighted by atomic mass is 9.69. The Bertz CT molecular complexity index is 2280. The summed E-state index contributed by atoms with van der Waals surface area (Å²) in [5.74, 6) is 2.40. The Hall–Kier alpha value is -5.39. The number of phenolic OH excluding ortho intramolecular Hbond substituents is 1. The molecule has 2 atom stereocenters. The van der Waals surface area contributed by atoms with Crippen LogP contribution in [-0.2, 0) is 32.7 Å². The molecule has 0 bridgehead atoms. The van der Waals surface area contributed by atoms with E-state index in [-0.39, 0.29) is 28.7 Å². The van der Waals surface area contributed by atoms with Crippen LogP contribution in [0.1, 0.15) is 126 Å². The van der Waals surface area contributed by atoms with Crippen LogP contribution in [-0.4, -0.2) is 86.9 Å². The van der Waals surface area contributed by atoms with E-state index in [1.165, 1.54) is 52.8 Å². The second-order valence-electron chi connectivity index (χ2n) is 18.7. The standard InChI is InChI=1S/C31H35NO2.C16H20N2O3.C5H7NO2/c33-27-13-15-29-25(22-27)10-14-28(23-6-2-1-3-7-23)30(29)24-8-11-26(12-9-24)32-19-17-31(18-20-32)16-4-5-21-34-31;1-18-5-3-16(4-6-18)9-21-14-10-8-17-15(19)13(10)12(20-2)7-11(14)16;7-4-2-1-3-5(8)6-4/h1-3,6-9,11-13,15,22,28,30,33H,4-5,10,14,16-21H2;7H,3-6,8-9H2,1-2H3,(H,17,19);1-3H2,(H,6,7,8). The van der Waals surface area contributed by atoms with Gasteiger partial charge in [0.1, 0.15) is 17.2 Å². The highest BCUT2D eigenvalue weighted by atomic mass is 16.5. The van der Waals surface area contributed by atoms with Crippen molar-refractivity contribution in [3.05, 3.63) is 118 Å². The van der Waals surface area contributed by atoms with Crippen molar-refractivity contribution in [2.75, 3.05) is 58.5 Å².